The van der Waals surface area contributed by atoms with Crippen LogP contribution in [0.15, 0.2) is 17.6 Å². The number of thioether (sulfide) groups is 1. The molecule has 0 amide bonds. The Kier molecular flexibility index (Phi) is 6.59. The molecule has 3 heteroatoms. The van der Waals surface area contributed by atoms with Crippen LogP contribution < -0.4 is 0 Å². The molecule has 0 N–H and O–H groups in total. The van der Waals surface area contributed by atoms with E-state index in [2.05, 4.69) is 23.8 Å². The maximum Gasteiger partial charge on any atom is 0.187 e. The Labute approximate surface area is 85.2 Å². The van der Waals surface area contributed by atoms with Gasteiger partial charge in [0.1, 0.15) is 0 Å². The van der Waals surface area contributed by atoms with Gasteiger partial charge in [-0.1, -0.05) is 39.5 Å². The molecule has 13 heavy (non-hydrogen) atoms. The van der Waals surface area contributed by atoms with Crippen molar-refractivity contribution in [1.82, 2.24) is 9.97 Å². The second-order valence-corrected chi connectivity index (χ2v) is 3.43. The highest BCUT2D eigenvalue weighted by Gasteiger charge is 1.99. The summed E-state index contributed by atoms with van der Waals surface area (Å²) >= 11 is 1.57. The van der Waals surface area contributed by atoms with E-state index in [1.165, 1.54) is 5.56 Å². The molecule has 0 aliphatic carbocycles. The zero-order valence-electron chi connectivity index (χ0n) is 9.03. The van der Waals surface area contributed by atoms with E-state index in [1.54, 1.807) is 11.8 Å². The third kappa shape index (κ3) is 4.27. The van der Waals surface area contributed by atoms with Crippen LogP contribution >= 0.6 is 11.8 Å². The number of nitrogens with zero attached hydrogens (tertiary/aromatic N) is 2. The first kappa shape index (κ1) is 12.4. The van der Waals surface area contributed by atoms with E-state index in [0.717, 1.165) is 5.16 Å². The van der Waals surface area contributed by atoms with Gasteiger partial charge in [0.25, 0.3) is 0 Å². The predicted octanol–water partition coefficient (Wildman–Crippen LogP) is 3.35. The van der Waals surface area contributed by atoms with E-state index in [1.807, 2.05) is 32.5 Å². The van der Waals surface area contributed by atoms with E-state index in [0.29, 0.717) is 5.92 Å². The van der Waals surface area contributed by atoms with Crippen molar-refractivity contribution in [2.45, 2.75) is 38.8 Å². The quantitative estimate of drug-likeness (QED) is 0.538. The molecule has 0 saturated carbocycles. The Morgan fingerprint density at radius 1 is 1.15 bits per heavy atom. The van der Waals surface area contributed by atoms with Gasteiger partial charge in [0.2, 0.25) is 0 Å². The summed E-state index contributed by atoms with van der Waals surface area (Å²) in [5, 5.41) is 0.842. The number of hydrogen-bond acceptors (Lipinski definition) is 3. The fourth-order valence-electron chi connectivity index (χ4n) is 0.730. The molecule has 0 bridgehead atoms. The van der Waals surface area contributed by atoms with Crippen molar-refractivity contribution < 1.29 is 0 Å². The Morgan fingerprint density at radius 3 is 1.92 bits per heavy atom. The first-order valence-corrected chi connectivity index (χ1v) is 5.82. The highest BCUT2D eigenvalue weighted by atomic mass is 32.2. The van der Waals surface area contributed by atoms with Gasteiger partial charge >= 0.3 is 0 Å². The van der Waals surface area contributed by atoms with E-state index < -0.39 is 0 Å². The van der Waals surface area contributed by atoms with Crippen molar-refractivity contribution in [3.05, 3.63) is 18.0 Å². The molecule has 0 unspecified atom stereocenters. The predicted molar refractivity (Wildman–Crippen MR) is 59.3 cm³/mol. The highest BCUT2D eigenvalue weighted by Crippen LogP contribution is 2.13. The molecular formula is C10H18N2S. The first-order valence-electron chi connectivity index (χ1n) is 4.60. The molecule has 74 valence electrons. The van der Waals surface area contributed by atoms with Crippen molar-refractivity contribution in [2.75, 3.05) is 6.26 Å². The Morgan fingerprint density at radius 2 is 1.62 bits per heavy atom. The average molecular weight is 198 g/mol. The minimum Gasteiger partial charge on any atom is -0.231 e. The molecule has 1 heterocycles. The van der Waals surface area contributed by atoms with Gasteiger partial charge in [0.15, 0.2) is 5.16 Å². The lowest BCUT2D eigenvalue weighted by Crippen LogP contribution is -1.92. The molecule has 0 saturated heterocycles. The summed E-state index contributed by atoms with van der Waals surface area (Å²) in [6, 6.07) is 0. The number of hydrogen-bond donors (Lipinski definition) is 0. The van der Waals surface area contributed by atoms with Crippen molar-refractivity contribution in [3.8, 4) is 0 Å². The van der Waals surface area contributed by atoms with Gasteiger partial charge in [-0.25, -0.2) is 9.97 Å². The standard InChI is InChI=1S/C8H12N2S.C2H6/c1-6(2)7-4-9-8(11-3)10-5-7;1-2/h4-6H,1-3H3;1-2H3. The third-order valence-electron chi connectivity index (χ3n) is 1.50. The van der Waals surface area contributed by atoms with Gasteiger partial charge in [0.05, 0.1) is 0 Å². The lowest BCUT2D eigenvalue weighted by atomic mass is 10.1. The van der Waals surface area contributed by atoms with Gasteiger partial charge in [-0.05, 0) is 17.7 Å². The van der Waals surface area contributed by atoms with E-state index in [-0.39, 0.29) is 0 Å². The van der Waals surface area contributed by atoms with Gasteiger partial charge in [-0.15, -0.1) is 0 Å². The normalized spacial score (nSPS) is 9.38. The highest BCUT2D eigenvalue weighted by molar-refractivity contribution is 7.98. The zero-order chi connectivity index (χ0) is 10.3. The summed E-state index contributed by atoms with van der Waals surface area (Å²) in [5.74, 6) is 0.519. The first-order chi connectivity index (χ1) is 6.24. The van der Waals surface area contributed by atoms with E-state index in [4.69, 9.17) is 0 Å². The summed E-state index contributed by atoms with van der Waals surface area (Å²) in [5.41, 5.74) is 1.20. The van der Waals surface area contributed by atoms with Gasteiger partial charge in [0, 0.05) is 12.4 Å². The summed E-state index contributed by atoms with van der Waals surface area (Å²) in [7, 11) is 0. The van der Waals surface area contributed by atoms with E-state index in [9.17, 15) is 0 Å². The van der Waals surface area contributed by atoms with Crippen molar-refractivity contribution in [3.63, 3.8) is 0 Å². The van der Waals surface area contributed by atoms with Crippen LogP contribution in [0, 0.1) is 0 Å². The minimum atomic E-state index is 0.519. The molecule has 0 aliphatic rings. The third-order valence-corrected chi connectivity index (χ3v) is 2.07. The Bertz CT molecular complexity index is 219. The van der Waals surface area contributed by atoms with Crippen LogP contribution in [0.4, 0.5) is 0 Å². The number of rotatable bonds is 2. The van der Waals surface area contributed by atoms with Crippen LogP contribution in [0.5, 0.6) is 0 Å². The molecule has 1 aromatic rings. The smallest absolute Gasteiger partial charge is 0.187 e. The lowest BCUT2D eigenvalue weighted by molar-refractivity contribution is 0.821. The fraction of sp³-hybridized carbons (Fsp3) is 0.600. The maximum absolute atomic E-state index is 4.17. The van der Waals surface area contributed by atoms with Crippen LogP contribution in [0.1, 0.15) is 39.2 Å². The molecule has 2 nitrogen and oxygen atoms in total. The fourth-order valence-corrected chi connectivity index (χ4v) is 1.05. The van der Waals surface area contributed by atoms with Gasteiger partial charge in [-0.3, -0.25) is 0 Å². The van der Waals surface area contributed by atoms with Crippen molar-refractivity contribution >= 4 is 11.8 Å². The summed E-state index contributed by atoms with van der Waals surface area (Å²) < 4.78 is 0. The summed E-state index contributed by atoms with van der Waals surface area (Å²) in [4.78, 5) is 8.34. The molecule has 0 aromatic carbocycles. The van der Waals surface area contributed by atoms with Crippen molar-refractivity contribution in [2.24, 2.45) is 0 Å². The van der Waals surface area contributed by atoms with Crippen LogP contribution in [-0.2, 0) is 0 Å². The maximum atomic E-state index is 4.17. The molecule has 0 aliphatic heterocycles. The topological polar surface area (TPSA) is 25.8 Å². The van der Waals surface area contributed by atoms with Crippen LogP contribution in [0.3, 0.4) is 0 Å². The van der Waals surface area contributed by atoms with Gasteiger partial charge in [-0.2, -0.15) is 0 Å². The molecule has 1 rings (SSSR count). The lowest BCUT2D eigenvalue weighted by Gasteiger charge is -2.02. The zero-order valence-corrected chi connectivity index (χ0v) is 9.85. The summed E-state index contributed by atoms with van der Waals surface area (Å²) in [6.45, 7) is 8.27. The van der Waals surface area contributed by atoms with E-state index >= 15 is 0 Å². The van der Waals surface area contributed by atoms with Crippen molar-refractivity contribution in [1.29, 1.82) is 0 Å². The average Bonchev–Trinajstić information content (AvgIpc) is 2.21. The molecule has 0 fully saturated rings. The molecule has 1 aromatic heterocycles. The Hall–Kier alpha value is -0.570. The molecule has 0 spiro atoms. The second kappa shape index (κ2) is 6.89. The van der Waals surface area contributed by atoms with Crippen LogP contribution in [-0.4, -0.2) is 16.2 Å². The van der Waals surface area contributed by atoms with Crippen LogP contribution in [0.25, 0.3) is 0 Å². The van der Waals surface area contributed by atoms with Gasteiger partial charge < -0.3 is 0 Å². The largest absolute Gasteiger partial charge is 0.231 e. The minimum absolute atomic E-state index is 0.519. The molecular weight excluding hydrogens is 180 g/mol. The molecule has 0 atom stereocenters. The number of aromatic nitrogens is 2. The molecule has 0 radical (unpaired) electrons. The monoisotopic (exact) mass is 198 g/mol. The SMILES string of the molecule is CC.CSc1ncc(C(C)C)cn1. The van der Waals surface area contributed by atoms with Crippen LogP contribution in [0.2, 0.25) is 0 Å². The summed E-state index contributed by atoms with van der Waals surface area (Å²) in [6.07, 6.45) is 5.76. The Balaban J connectivity index is 0.000000671. The second-order valence-electron chi connectivity index (χ2n) is 2.66.